The Labute approximate surface area is 224 Å². The van der Waals surface area contributed by atoms with E-state index in [4.69, 9.17) is 21.3 Å². The lowest BCUT2D eigenvalue weighted by Crippen LogP contribution is -2.69. The lowest BCUT2D eigenvalue weighted by Gasteiger charge is -2.66. The Bertz CT molecular complexity index is 1120. The summed E-state index contributed by atoms with van der Waals surface area (Å²) in [7, 11) is 1.71. The third-order valence-corrected chi connectivity index (χ3v) is 9.40. The van der Waals surface area contributed by atoms with Gasteiger partial charge in [0.1, 0.15) is 17.4 Å². The predicted octanol–water partition coefficient (Wildman–Crippen LogP) is 4.95. The molecule has 3 aliphatic carbocycles. The maximum atomic E-state index is 12.9. The number of aromatic nitrogens is 2. The number of carbonyl (C=O) groups excluding carboxylic acids is 1. The van der Waals surface area contributed by atoms with Crippen LogP contribution in [0.5, 0.6) is 5.75 Å². The van der Waals surface area contributed by atoms with Crippen molar-refractivity contribution in [1.29, 1.82) is 0 Å². The van der Waals surface area contributed by atoms with E-state index >= 15 is 0 Å². The molecule has 2 aromatic rings. The lowest BCUT2D eigenvalue weighted by molar-refractivity contribution is -0.155. The van der Waals surface area contributed by atoms with E-state index in [2.05, 4.69) is 46.6 Å². The maximum absolute atomic E-state index is 12.9. The highest BCUT2D eigenvalue weighted by Gasteiger charge is 2.64. The second-order valence-electron chi connectivity index (χ2n) is 11.6. The monoisotopic (exact) mass is 526 g/mol. The first-order chi connectivity index (χ1) is 17.7. The molecule has 8 nitrogen and oxygen atoms in total. The number of carbonyl (C=O) groups is 1. The van der Waals surface area contributed by atoms with Crippen LogP contribution in [0.2, 0.25) is 5.02 Å². The average Bonchev–Trinajstić information content (AvgIpc) is 3.40. The molecule has 0 radical (unpaired) electrons. The molecule has 1 aliphatic heterocycles. The first-order valence-electron chi connectivity index (χ1n) is 13.5. The molecule has 200 valence electrons. The number of anilines is 3. The third-order valence-electron chi connectivity index (χ3n) is 9.12. The number of amides is 1. The van der Waals surface area contributed by atoms with Crippen LogP contribution in [-0.2, 0) is 4.79 Å². The SMILES string of the molecule is CNC(=O)[C@@H]1C[C@H]2C[C@@H](C2(C)C)[C@]1(C)Nc1nc(Nc2ccc(OCCN3CCCC3)cc2)ncc1Cl. The Hall–Kier alpha value is -2.58. The van der Waals surface area contributed by atoms with E-state index in [0.29, 0.717) is 35.2 Å². The van der Waals surface area contributed by atoms with Gasteiger partial charge in [-0.1, -0.05) is 25.4 Å². The van der Waals surface area contributed by atoms with Crippen molar-refractivity contribution in [2.24, 2.45) is 23.2 Å². The number of ether oxygens (including phenoxy) is 1. The Kier molecular flexibility index (Phi) is 7.24. The topological polar surface area (TPSA) is 91.4 Å². The van der Waals surface area contributed by atoms with Gasteiger partial charge in [0.15, 0.2) is 5.82 Å². The first kappa shape index (κ1) is 26.0. The van der Waals surface area contributed by atoms with Crippen molar-refractivity contribution in [2.45, 2.75) is 52.0 Å². The molecule has 2 bridgehead atoms. The summed E-state index contributed by atoms with van der Waals surface area (Å²) < 4.78 is 5.91. The minimum Gasteiger partial charge on any atom is -0.492 e. The van der Waals surface area contributed by atoms with Crippen LogP contribution in [0.3, 0.4) is 0 Å². The largest absolute Gasteiger partial charge is 0.492 e. The Morgan fingerprint density at radius 2 is 1.89 bits per heavy atom. The number of fused-ring (bicyclic) bond motifs is 2. The molecule has 0 spiro atoms. The van der Waals surface area contributed by atoms with Gasteiger partial charge in [-0.3, -0.25) is 9.69 Å². The Balaban J connectivity index is 1.26. The smallest absolute Gasteiger partial charge is 0.229 e. The molecule has 1 aromatic carbocycles. The van der Waals surface area contributed by atoms with Gasteiger partial charge < -0.3 is 20.7 Å². The van der Waals surface area contributed by atoms with E-state index in [9.17, 15) is 4.79 Å². The van der Waals surface area contributed by atoms with Crippen molar-refractivity contribution in [2.75, 3.05) is 43.9 Å². The van der Waals surface area contributed by atoms with Crippen molar-refractivity contribution in [3.05, 3.63) is 35.5 Å². The van der Waals surface area contributed by atoms with Crippen molar-refractivity contribution in [3.63, 3.8) is 0 Å². The first-order valence-corrected chi connectivity index (χ1v) is 13.8. The number of nitrogens with one attached hydrogen (secondary N) is 3. The highest BCUT2D eigenvalue weighted by molar-refractivity contribution is 6.32. The second kappa shape index (κ2) is 10.3. The molecule has 3 N–H and O–H groups in total. The fourth-order valence-electron chi connectivity index (χ4n) is 6.77. The number of benzene rings is 1. The number of hydrogen-bond acceptors (Lipinski definition) is 7. The molecule has 6 rings (SSSR count). The molecule has 3 saturated carbocycles. The number of rotatable bonds is 9. The fourth-order valence-corrected chi connectivity index (χ4v) is 6.90. The molecule has 1 amide bonds. The summed E-state index contributed by atoms with van der Waals surface area (Å²) in [6.45, 7) is 10.8. The minimum absolute atomic E-state index is 0.0615. The van der Waals surface area contributed by atoms with E-state index in [1.165, 1.54) is 25.9 Å². The van der Waals surface area contributed by atoms with Gasteiger partial charge in [0, 0.05) is 19.3 Å². The van der Waals surface area contributed by atoms with Gasteiger partial charge in [-0.2, -0.15) is 4.98 Å². The van der Waals surface area contributed by atoms with E-state index in [-0.39, 0.29) is 17.2 Å². The standard InChI is InChI=1S/C28H39ClN6O2/c1-27(2)18-15-21(25(36)30-4)28(3,23(27)16-18)34-24-22(29)17-31-26(33-24)32-19-7-9-20(10-8-19)37-14-13-35-11-5-6-12-35/h7-10,17-18,21,23H,5-6,11-16H2,1-4H3,(H,30,36)(H2,31,32,33,34)/t18-,21-,23-,28+/m0/s1. The molecule has 2 heterocycles. The molecule has 4 aliphatic rings. The number of halogens is 1. The van der Waals surface area contributed by atoms with Crippen LogP contribution in [0.15, 0.2) is 30.5 Å². The summed E-state index contributed by atoms with van der Waals surface area (Å²) in [5.74, 6) is 2.62. The van der Waals surface area contributed by atoms with E-state index in [1.54, 1.807) is 13.2 Å². The molecule has 0 unspecified atom stereocenters. The number of likely N-dealkylation sites (tertiary alicyclic amines) is 1. The zero-order valence-electron chi connectivity index (χ0n) is 22.3. The maximum Gasteiger partial charge on any atom is 0.229 e. The van der Waals surface area contributed by atoms with Crippen molar-refractivity contribution >= 4 is 35.0 Å². The third kappa shape index (κ3) is 5.10. The van der Waals surface area contributed by atoms with Gasteiger partial charge in [0.05, 0.1) is 17.7 Å². The predicted molar refractivity (Wildman–Crippen MR) is 148 cm³/mol. The van der Waals surface area contributed by atoms with E-state index in [1.807, 2.05) is 24.3 Å². The summed E-state index contributed by atoms with van der Waals surface area (Å²) in [6.07, 6.45) is 6.14. The van der Waals surface area contributed by atoms with Crippen LogP contribution in [0, 0.1) is 23.2 Å². The summed E-state index contributed by atoms with van der Waals surface area (Å²) in [5, 5.41) is 10.2. The molecule has 1 saturated heterocycles. The molecular formula is C28H39ClN6O2. The van der Waals surface area contributed by atoms with Crippen LogP contribution in [-0.4, -0.2) is 59.6 Å². The van der Waals surface area contributed by atoms with Crippen LogP contribution in [0.1, 0.15) is 46.5 Å². The lowest BCUT2D eigenvalue weighted by atomic mass is 9.40. The molecule has 37 heavy (non-hydrogen) atoms. The molecular weight excluding hydrogens is 488 g/mol. The minimum atomic E-state index is -0.471. The number of hydrogen-bond donors (Lipinski definition) is 3. The van der Waals surface area contributed by atoms with E-state index in [0.717, 1.165) is 30.8 Å². The van der Waals surface area contributed by atoms with Gasteiger partial charge in [0.25, 0.3) is 0 Å². The summed E-state index contributed by atoms with van der Waals surface area (Å²) in [5.41, 5.74) is 0.544. The van der Waals surface area contributed by atoms with Gasteiger partial charge in [-0.25, -0.2) is 4.98 Å². The molecule has 4 atom stereocenters. The molecule has 1 aromatic heterocycles. The average molecular weight is 527 g/mol. The fraction of sp³-hybridized carbons (Fsp3) is 0.607. The van der Waals surface area contributed by atoms with Crippen LogP contribution < -0.4 is 20.7 Å². The van der Waals surface area contributed by atoms with Crippen molar-refractivity contribution in [3.8, 4) is 5.75 Å². The zero-order chi connectivity index (χ0) is 26.2. The van der Waals surface area contributed by atoms with Crippen molar-refractivity contribution < 1.29 is 9.53 Å². The summed E-state index contributed by atoms with van der Waals surface area (Å²) in [4.78, 5) is 24.4. The van der Waals surface area contributed by atoms with Crippen LogP contribution in [0.25, 0.3) is 0 Å². The normalized spacial score (nSPS) is 28.3. The van der Waals surface area contributed by atoms with Crippen LogP contribution >= 0.6 is 11.6 Å². The summed E-state index contributed by atoms with van der Waals surface area (Å²) in [6, 6.07) is 7.82. The molecule has 4 fully saturated rings. The number of nitrogens with zero attached hydrogens (tertiary/aromatic N) is 3. The van der Waals surface area contributed by atoms with E-state index < -0.39 is 5.54 Å². The highest BCUT2D eigenvalue weighted by Crippen LogP contribution is 2.65. The Morgan fingerprint density at radius 1 is 1.16 bits per heavy atom. The van der Waals surface area contributed by atoms with Gasteiger partial charge in [-0.05, 0) is 87.2 Å². The Morgan fingerprint density at radius 3 is 2.57 bits per heavy atom. The summed E-state index contributed by atoms with van der Waals surface area (Å²) >= 11 is 6.55. The quantitative estimate of drug-likeness (QED) is 0.426. The van der Waals surface area contributed by atoms with Crippen LogP contribution in [0.4, 0.5) is 17.5 Å². The van der Waals surface area contributed by atoms with Gasteiger partial charge >= 0.3 is 0 Å². The highest BCUT2D eigenvalue weighted by atomic mass is 35.5. The van der Waals surface area contributed by atoms with Gasteiger partial charge in [0.2, 0.25) is 11.9 Å². The molecule has 9 heteroatoms. The zero-order valence-corrected chi connectivity index (χ0v) is 23.1. The van der Waals surface area contributed by atoms with Gasteiger partial charge in [-0.15, -0.1) is 0 Å². The van der Waals surface area contributed by atoms with Crippen molar-refractivity contribution in [1.82, 2.24) is 20.2 Å². The second-order valence-corrected chi connectivity index (χ2v) is 12.0.